The van der Waals surface area contributed by atoms with Gasteiger partial charge in [-0.15, -0.1) is 0 Å². The molecule has 3 unspecified atom stereocenters. The quantitative estimate of drug-likeness (QED) is 0.741. The molecule has 4 atom stereocenters. The Labute approximate surface area is 189 Å². The Morgan fingerprint density at radius 3 is 2.81 bits per heavy atom. The highest BCUT2D eigenvalue weighted by Crippen LogP contribution is 2.37. The van der Waals surface area contributed by atoms with Crippen LogP contribution in [0.2, 0.25) is 0 Å². The second-order valence-electron chi connectivity index (χ2n) is 9.08. The summed E-state index contributed by atoms with van der Waals surface area (Å²) >= 11 is 0. The van der Waals surface area contributed by atoms with Gasteiger partial charge in [0.15, 0.2) is 0 Å². The van der Waals surface area contributed by atoms with Crippen molar-refractivity contribution in [3.8, 4) is 0 Å². The third-order valence-electron chi connectivity index (χ3n) is 7.04. The molecule has 2 N–H and O–H groups in total. The van der Waals surface area contributed by atoms with Gasteiger partial charge in [0.05, 0.1) is 23.8 Å². The summed E-state index contributed by atoms with van der Waals surface area (Å²) in [4.78, 5) is 33.3. The molecule has 2 fully saturated rings. The second kappa shape index (κ2) is 8.54. The van der Waals surface area contributed by atoms with E-state index in [9.17, 15) is 4.79 Å². The Hall–Kier alpha value is -2.94. The van der Waals surface area contributed by atoms with Gasteiger partial charge in [0, 0.05) is 46.0 Å². The summed E-state index contributed by atoms with van der Waals surface area (Å²) < 4.78 is 0. The highest BCUT2D eigenvalue weighted by atomic mass is 16.2. The van der Waals surface area contributed by atoms with Crippen molar-refractivity contribution in [2.24, 2.45) is 21.8 Å². The predicted molar refractivity (Wildman–Crippen MR) is 127 cm³/mol. The second-order valence-corrected chi connectivity index (χ2v) is 9.08. The van der Waals surface area contributed by atoms with Gasteiger partial charge >= 0.3 is 0 Å². The smallest absolute Gasteiger partial charge is 0.269 e. The first kappa shape index (κ1) is 20.9. The van der Waals surface area contributed by atoms with E-state index in [1.54, 1.807) is 0 Å². The number of rotatable bonds is 4. The fourth-order valence-electron chi connectivity index (χ4n) is 4.94. The van der Waals surface area contributed by atoms with Gasteiger partial charge in [-0.3, -0.25) is 4.79 Å². The van der Waals surface area contributed by atoms with Crippen molar-refractivity contribution >= 4 is 29.6 Å². The Balaban J connectivity index is 1.33. The van der Waals surface area contributed by atoms with Gasteiger partial charge in [-0.05, 0) is 24.1 Å². The van der Waals surface area contributed by atoms with Crippen LogP contribution in [0.4, 0.5) is 11.5 Å². The van der Waals surface area contributed by atoms with E-state index in [0.717, 1.165) is 56.3 Å². The van der Waals surface area contributed by atoms with Crippen LogP contribution in [0.5, 0.6) is 0 Å². The van der Waals surface area contributed by atoms with E-state index in [4.69, 9.17) is 4.99 Å². The van der Waals surface area contributed by atoms with Crippen molar-refractivity contribution in [1.29, 1.82) is 0 Å². The summed E-state index contributed by atoms with van der Waals surface area (Å²) in [6.07, 6.45) is 6.75. The number of aliphatic imine (C=N–C) groups is 2. The number of hydrogen-bond acceptors (Lipinski definition) is 8. The van der Waals surface area contributed by atoms with Gasteiger partial charge in [0.25, 0.3) is 5.91 Å². The van der Waals surface area contributed by atoms with Crippen LogP contribution in [0.1, 0.15) is 20.3 Å². The Kier molecular flexibility index (Phi) is 5.58. The van der Waals surface area contributed by atoms with Crippen molar-refractivity contribution in [2.75, 3.05) is 50.0 Å². The normalized spacial score (nSPS) is 28.2. The molecule has 2 saturated heterocycles. The van der Waals surface area contributed by atoms with E-state index >= 15 is 0 Å². The van der Waals surface area contributed by atoms with E-state index in [0.29, 0.717) is 11.9 Å². The number of guanidine groups is 1. The first-order chi connectivity index (χ1) is 15.5. The van der Waals surface area contributed by atoms with E-state index in [2.05, 4.69) is 50.3 Å². The van der Waals surface area contributed by atoms with E-state index < -0.39 is 0 Å². The lowest BCUT2D eigenvalue weighted by atomic mass is 9.94. The highest BCUT2D eigenvalue weighted by Gasteiger charge is 2.47. The maximum Gasteiger partial charge on any atom is 0.269 e. The lowest BCUT2D eigenvalue weighted by Crippen LogP contribution is -2.57. The molecule has 5 heterocycles. The maximum atomic E-state index is 12.8. The van der Waals surface area contributed by atoms with Crippen LogP contribution in [0.3, 0.4) is 0 Å². The van der Waals surface area contributed by atoms with Crippen molar-refractivity contribution in [3.63, 3.8) is 0 Å². The van der Waals surface area contributed by atoms with Gasteiger partial charge in [0.1, 0.15) is 17.7 Å². The highest BCUT2D eigenvalue weighted by molar-refractivity contribution is 6.01. The minimum Gasteiger partial charge on any atom is -0.368 e. The Bertz CT molecular complexity index is 949. The van der Waals surface area contributed by atoms with Crippen LogP contribution in [0.15, 0.2) is 40.1 Å². The number of pyridine rings is 1. The minimum absolute atomic E-state index is 0.0144. The molecule has 4 aliphatic heterocycles. The molecule has 0 spiro atoms. The van der Waals surface area contributed by atoms with Crippen LogP contribution in [0.25, 0.3) is 0 Å². The number of amides is 1. The molecule has 0 saturated carbocycles. The molecule has 32 heavy (non-hydrogen) atoms. The number of piperazine rings is 2. The number of likely N-dealkylation sites (N-methyl/N-ethyl adjacent to an activating group) is 1. The molecule has 1 amide bonds. The summed E-state index contributed by atoms with van der Waals surface area (Å²) in [5.41, 5.74) is 1.89. The third kappa shape index (κ3) is 3.74. The molecule has 9 heteroatoms. The summed E-state index contributed by atoms with van der Waals surface area (Å²) in [5, 5.41) is 6.63. The molecule has 5 rings (SSSR count). The van der Waals surface area contributed by atoms with E-state index in [-0.39, 0.29) is 24.0 Å². The van der Waals surface area contributed by atoms with Crippen LogP contribution >= 0.6 is 0 Å². The number of fused-ring (bicyclic) bond motifs is 3. The number of carbonyl (C=O) groups excluding carboxylic acids is 1. The minimum atomic E-state index is -0.137. The third-order valence-corrected chi connectivity index (χ3v) is 7.04. The summed E-state index contributed by atoms with van der Waals surface area (Å²) in [5.74, 6) is 1.80. The first-order valence-electron chi connectivity index (χ1n) is 11.6. The molecule has 0 radical (unpaired) electrons. The van der Waals surface area contributed by atoms with Crippen LogP contribution < -0.4 is 15.5 Å². The topological polar surface area (TPSA) is 88.5 Å². The van der Waals surface area contributed by atoms with Crippen molar-refractivity contribution in [1.82, 2.24) is 20.1 Å². The average molecular weight is 437 g/mol. The largest absolute Gasteiger partial charge is 0.368 e. The lowest BCUT2D eigenvalue weighted by Gasteiger charge is -2.45. The van der Waals surface area contributed by atoms with E-state index in [1.165, 1.54) is 0 Å². The molecule has 1 aromatic rings. The van der Waals surface area contributed by atoms with Gasteiger partial charge in [-0.2, -0.15) is 0 Å². The summed E-state index contributed by atoms with van der Waals surface area (Å²) in [6, 6.07) is 4.31. The van der Waals surface area contributed by atoms with Crippen LogP contribution in [0, 0.1) is 11.8 Å². The molecular formula is C23H32N8O. The average Bonchev–Trinajstić information content (AvgIpc) is 3.21. The molecule has 4 aliphatic rings. The number of aromatic nitrogens is 1. The monoisotopic (exact) mass is 436 g/mol. The number of nitrogens with one attached hydrogen (secondary N) is 2. The number of hydrogen-bond donors (Lipinski definition) is 2. The molecular weight excluding hydrogens is 404 g/mol. The molecule has 0 aliphatic carbocycles. The van der Waals surface area contributed by atoms with Crippen molar-refractivity contribution in [3.05, 3.63) is 30.1 Å². The first-order valence-corrected chi connectivity index (χ1v) is 11.6. The zero-order valence-corrected chi connectivity index (χ0v) is 19.0. The fourth-order valence-corrected chi connectivity index (χ4v) is 4.94. The Morgan fingerprint density at radius 2 is 2.09 bits per heavy atom. The van der Waals surface area contributed by atoms with Gasteiger partial charge in [-0.1, -0.05) is 20.3 Å². The molecule has 0 aromatic carbocycles. The van der Waals surface area contributed by atoms with Gasteiger partial charge < -0.3 is 25.3 Å². The number of carbonyl (C=O) groups is 1. The predicted octanol–water partition coefficient (Wildman–Crippen LogP) is 1.37. The van der Waals surface area contributed by atoms with Crippen LogP contribution in [-0.4, -0.2) is 84.8 Å². The number of nitrogens with zero attached hydrogens (tertiary/aromatic N) is 6. The zero-order valence-electron chi connectivity index (χ0n) is 19.0. The summed E-state index contributed by atoms with van der Waals surface area (Å²) in [7, 11) is 1.89. The Morgan fingerprint density at radius 1 is 1.28 bits per heavy atom. The zero-order chi connectivity index (χ0) is 22.2. The molecule has 1 aromatic heterocycles. The van der Waals surface area contributed by atoms with Crippen LogP contribution in [-0.2, 0) is 4.79 Å². The maximum absolute atomic E-state index is 12.8. The molecule has 0 bridgehead atoms. The van der Waals surface area contributed by atoms with Gasteiger partial charge in [-0.25, -0.2) is 15.0 Å². The number of anilines is 2. The standard InChI is InChI=1S/C23H32N8O/c1-4-15(2)19-14-29(3)22(32)18-11-16-12-26-23(28-21(16)31(18)19)27-20-6-5-17(13-25-20)30-9-7-24-8-10-30/h5-6,11-13,15-16,19,21,24H,4,7-10,14H2,1-3H3,(H,25,27,28)/t15?,16?,19-,21?/m1/s1. The summed E-state index contributed by atoms with van der Waals surface area (Å²) in [6.45, 7) is 9.15. The van der Waals surface area contributed by atoms with Crippen molar-refractivity contribution < 1.29 is 4.79 Å². The molecule has 9 nitrogen and oxygen atoms in total. The lowest BCUT2D eigenvalue weighted by molar-refractivity contribution is -0.133. The van der Waals surface area contributed by atoms with E-state index in [1.807, 2.05) is 36.5 Å². The fraction of sp³-hybridized carbons (Fsp3) is 0.565. The SMILES string of the molecule is CCC(C)[C@H]1CN(C)C(=O)C2=CC3C=NC(Nc4ccc(N5CCNCC5)cn4)=NC3N21. The van der Waals surface area contributed by atoms with Crippen molar-refractivity contribution in [2.45, 2.75) is 32.5 Å². The molecule has 170 valence electrons. The van der Waals surface area contributed by atoms with Gasteiger partial charge in [0.2, 0.25) is 5.96 Å².